The molecular formula is C15H23N3O2. The van der Waals surface area contributed by atoms with Crippen molar-refractivity contribution in [3.05, 3.63) is 23.8 Å². The van der Waals surface area contributed by atoms with Gasteiger partial charge in [-0.2, -0.15) is 0 Å². The zero-order valence-corrected chi connectivity index (χ0v) is 12.2. The van der Waals surface area contributed by atoms with Crippen molar-refractivity contribution in [2.45, 2.75) is 12.8 Å². The van der Waals surface area contributed by atoms with Crippen molar-refractivity contribution >= 4 is 17.3 Å². The average molecular weight is 277 g/mol. The molecule has 1 amide bonds. The first-order chi connectivity index (χ1) is 9.65. The van der Waals surface area contributed by atoms with Crippen LogP contribution >= 0.6 is 0 Å². The second kappa shape index (κ2) is 6.61. The van der Waals surface area contributed by atoms with Gasteiger partial charge >= 0.3 is 0 Å². The Bertz CT molecular complexity index is 474. The third-order valence-electron chi connectivity index (χ3n) is 3.76. The van der Waals surface area contributed by atoms with E-state index in [2.05, 4.69) is 10.2 Å². The monoisotopic (exact) mass is 277 g/mol. The van der Waals surface area contributed by atoms with E-state index >= 15 is 0 Å². The van der Waals surface area contributed by atoms with E-state index in [4.69, 9.17) is 10.5 Å². The molecule has 110 valence electrons. The number of nitrogen functional groups attached to an aromatic ring is 1. The summed E-state index contributed by atoms with van der Waals surface area (Å²) in [7, 11) is 3.38. The van der Waals surface area contributed by atoms with E-state index in [0.717, 1.165) is 31.8 Å². The number of nitrogens with zero attached hydrogens (tertiary/aromatic N) is 1. The summed E-state index contributed by atoms with van der Waals surface area (Å²) in [5, 5.41) is 2.69. The number of piperidine rings is 1. The van der Waals surface area contributed by atoms with Crippen LogP contribution in [0.4, 0.5) is 11.4 Å². The van der Waals surface area contributed by atoms with Gasteiger partial charge in [-0.15, -0.1) is 0 Å². The van der Waals surface area contributed by atoms with E-state index in [-0.39, 0.29) is 5.91 Å². The van der Waals surface area contributed by atoms with Crippen LogP contribution in [-0.4, -0.2) is 39.8 Å². The molecule has 1 atom stereocenters. The number of ether oxygens (including phenoxy) is 1. The molecule has 20 heavy (non-hydrogen) atoms. The molecule has 0 bridgehead atoms. The lowest BCUT2D eigenvalue weighted by atomic mass is 9.97. The lowest BCUT2D eigenvalue weighted by molar-refractivity contribution is 0.0963. The predicted molar refractivity (Wildman–Crippen MR) is 81.1 cm³/mol. The SMILES string of the molecule is CNC(=O)c1ccc(N)cc1N1CCCC(COC)C1. The van der Waals surface area contributed by atoms with Gasteiger partial charge in [-0.3, -0.25) is 4.79 Å². The van der Waals surface area contributed by atoms with Crippen LogP contribution in [-0.2, 0) is 4.74 Å². The Kier molecular flexibility index (Phi) is 4.84. The first-order valence-corrected chi connectivity index (χ1v) is 7.01. The molecule has 0 spiro atoms. The third kappa shape index (κ3) is 3.22. The number of benzene rings is 1. The summed E-state index contributed by atoms with van der Waals surface area (Å²) in [6.07, 6.45) is 2.28. The maximum Gasteiger partial charge on any atom is 0.253 e. The van der Waals surface area contributed by atoms with Crippen LogP contribution in [0.25, 0.3) is 0 Å². The second-order valence-corrected chi connectivity index (χ2v) is 5.27. The number of methoxy groups -OCH3 is 1. The van der Waals surface area contributed by atoms with Crippen molar-refractivity contribution in [1.29, 1.82) is 0 Å². The number of hydrogen-bond donors (Lipinski definition) is 2. The first kappa shape index (κ1) is 14.7. The molecule has 3 N–H and O–H groups in total. The molecule has 1 heterocycles. The van der Waals surface area contributed by atoms with E-state index in [9.17, 15) is 4.79 Å². The minimum atomic E-state index is -0.0751. The van der Waals surface area contributed by atoms with Crippen LogP contribution in [0.1, 0.15) is 23.2 Å². The van der Waals surface area contributed by atoms with Gasteiger partial charge in [0, 0.05) is 32.9 Å². The molecular weight excluding hydrogens is 254 g/mol. The summed E-state index contributed by atoms with van der Waals surface area (Å²) >= 11 is 0. The van der Waals surface area contributed by atoms with Crippen LogP contribution < -0.4 is 16.0 Å². The van der Waals surface area contributed by atoms with Gasteiger partial charge in [0.1, 0.15) is 0 Å². The molecule has 1 aliphatic heterocycles. The van der Waals surface area contributed by atoms with Crippen LogP contribution in [0.3, 0.4) is 0 Å². The molecule has 0 aromatic heterocycles. The van der Waals surface area contributed by atoms with Crippen molar-refractivity contribution < 1.29 is 9.53 Å². The molecule has 0 saturated carbocycles. The summed E-state index contributed by atoms with van der Waals surface area (Å²) in [4.78, 5) is 14.2. The number of hydrogen-bond acceptors (Lipinski definition) is 4. The molecule has 1 aliphatic rings. The van der Waals surface area contributed by atoms with Crippen molar-refractivity contribution in [1.82, 2.24) is 5.32 Å². The summed E-state index contributed by atoms with van der Waals surface area (Å²) in [5.41, 5.74) is 8.17. The topological polar surface area (TPSA) is 67.6 Å². The van der Waals surface area contributed by atoms with E-state index < -0.39 is 0 Å². The van der Waals surface area contributed by atoms with Gasteiger partial charge in [0.2, 0.25) is 0 Å². The number of rotatable bonds is 4. The molecule has 5 nitrogen and oxygen atoms in total. The number of nitrogens with one attached hydrogen (secondary N) is 1. The van der Waals surface area contributed by atoms with Crippen molar-refractivity contribution in [3.8, 4) is 0 Å². The Labute approximate surface area is 120 Å². The molecule has 5 heteroatoms. The quantitative estimate of drug-likeness (QED) is 0.818. The van der Waals surface area contributed by atoms with Gasteiger partial charge in [-0.1, -0.05) is 0 Å². The normalized spacial score (nSPS) is 18.9. The standard InChI is InChI=1S/C15H23N3O2/c1-17-15(19)13-6-5-12(16)8-14(13)18-7-3-4-11(9-18)10-20-2/h5-6,8,11H,3-4,7,9-10,16H2,1-2H3,(H,17,19). The first-order valence-electron chi connectivity index (χ1n) is 7.01. The van der Waals surface area contributed by atoms with Crippen molar-refractivity contribution in [3.63, 3.8) is 0 Å². The molecule has 1 unspecified atom stereocenters. The lowest BCUT2D eigenvalue weighted by Gasteiger charge is -2.35. The zero-order chi connectivity index (χ0) is 14.5. The fourth-order valence-electron chi connectivity index (χ4n) is 2.79. The maximum absolute atomic E-state index is 12.0. The van der Waals surface area contributed by atoms with Crippen LogP contribution in [0, 0.1) is 5.92 Å². The minimum Gasteiger partial charge on any atom is -0.399 e. The van der Waals surface area contributed by atoms with E-state index in [1.54, 1.807) is 26.3 Å². The number of carbonyl (C=O) groups excluding carboxylic acids is 1. The molecule has 1 aromatic rings. The van der Waals surface area contributed by atoms with Gasteiger partial charge in [0.25, 0.3) is 5.91 Å². The van der Waals surface area contributed by atoms with Crippen molar-refractivity contribution in [2.75, 3.05) is 44.5 Å². The van der Waals surface area contributed by atoms with Crippen molar-refractivity contribution in [2.24, 2.45) is 5.92 Å². The number of nitrogens with two attached hydrogens (primary N) is 1. The maximum atomic E-state index is 12.0. The second-order valence-electron chi connectivity index (χ2n) is 5.27. The number of anilines is 2. The molecule has 0 aliphatic carbocycles. The minimum absolute atomic E-state index is 0.0751. The molecule has 1 fully saturated rings. The summed E-state index contributed by atoms with van der Waals surface area (Å²) in [6.45, 7) is 2.61. The third-order valence-corrected chi connectivity index (χ3v) is 3.76. The Morgan fingerprint density at radius 3 is 3.05 bits per heavy atom. The van der Waals surface area contributed by atoms with E-state index in [0.29, 0.717) is 17.2 Å². The Morgan fingerprint density at radius 2 is 2.35 bits per heavy atom. The van der Waals surface area contributed by atoms with E-state index in [1.165, 1.54) is 6.42 Å². The van der Waals surface area contributed by atoms with Crippen LogP contribution in [0.5, 0.6) is 0 Å². The summed E-state index contributed by atoms with van der Waals surface area (Å²) in [6, 6.07) is 5.45. The van der Waals surface area contributed by atoms with Gasteiger partial charge in [0.05, 0.1) is 17.9 Å². The Morgan fingerprint density at radius 1 is 1.55 bits per heavy atom. The highest BCUT2D eigenvalue weighted by molar-refractivity contribution is 6.00. The van der Waals surface area contributed by atoms with Gasteiger partial charge in [-0.05, 0) is 37.0 Å². The van der Waals surface area contributed by atoms with Crippen LogP contribution in [0.2, 0.25) is 0 Å². The summed E-state index contributed by atoms with van der Waals surface area (Å²) < 4.78 is 5.26. The predicted octanol–water partition coefficient (Wildman–Crippen LogP) is 1.49. The van der Waals surface area contributed by atoms with Gasteiger partial charge in [-0.25, -0.2) is 0 Å². The highest BCUT2D eigenvalue weighted by Crippen LogP contribution is 2.28. The highest BCUT2D eigenvalue weighted by Gasteiger charge is 2.23. The largest absolute Gasteiger partial charge is 0.399 e. The van der Waals surface area contributed by atoms with Gasteiger partial charge in [0.15, 0.2) is 0 Å². The smallest absolute Gasteiger partial charge is 0.253 e. The number of carbonyl (C=O) groups is 1. The summed E-state index contributed by atoms with van der Waals surface area (Å²) in [5.74, 6) is 0.432. The fourth-order valence-corrected chi connectivity index (χ4v) is 2.79. The Hall–Kier alpha value is -1.75. The fraction of sp³-hybridized carbons (Fsp3) is 0.533. The molecule has 1 saturated heterocycles. The molecule has 2 rings (SSSR count). The molecule has 0 radical (unpaired) electrons. The lowest BCUT2D eigenvalue weighted by Crippen LogP contribution is -2.38. The molecule has 1 aromatic carbocycles. The van der Waals surface area contributed by atoms with E-state index in [1.807, 2.05) is 6.07 Å². The Balaban J connectivity index is 2.26. The van der Waals surface area contributed by atoms with Gasteiger partial charge < -0.3 is 20.7 Å². The average Bonchev–Trinajstić information content (AvgIpc) is 2.47. The number of amides is 1. The van der Waals surface area contributed by atoms with Crippen LogP contribution in [0.15, 0.2) is 18.2 Å². The zero-order valence-electron chi connectivity index (χ0n) is 12.2. The highest BCUT2D eigenvalue weighted by atomic mass is 16.5.